The fourth-order valence-electron chi connectivity index (χ4n) is 14.7. The second kappa shape index (κ2) is 27.4. The lowest BCUT2D eigenvalue weighted by Gasteiger charge is -2.61. The molecule has 9 atom stereocenters. The van der Waals surface area contributed by atoms with Crippen LogP contribution in [0.2, 0.25) is 0 Å². The van der Waals surface area contributed by atoms with Crippen LogP contribution in [0.4, 0.5) is 0 Å². The standard InChI is InChI=1S/C67H86N2O6/c1-49(17-38-64(70)74-45-15-10-7-5-4-6-9-13-43-72-57-31-26-54(27-32-57)52-22-18-50(47-68)19-23-52)61-36-37-62-60-35-30-56-46-59(39-41-66(56,2)63(60)40-42-67(61,62)3)75-65(71)16-12-8-11-14-44-73-58-33-28-55(29-34-58)53-24-20-51(48-69)21-25-53/h18-29,31-34,49,56,59-63H,4-17,30,35-46H2,1-3H3/t49-,56-,59+,60+,61-,62+,63+,66+,67-/m1/s1. The fourth-order valence-corrected chi connectivity index (χ4v) is 14.7. The summed E-state index contributed by atoms with van der Waals surface area (Å²) < 4.78 is 23.9. The molecule has 0 aliphatic heterocycles. The van der Waals surface area contributed by atoms with Crippen molar-refractivity contribution >= 4 is 11.9 Å². The normalized spacial score (nSPS) is 25.1. The first kappa shape index (κ1) is 55.6. The SMILES string of the molecule is C[C@H](CCC(=O)OCCCCCCCCCCOc1ccc(-c2ccc(C#N)cc2)cc1)[C@H]1CC[C@H]2[C@@H]3CC[C@@H]4C[C@@H](OC(=O)CCCCCCOc5ccc(-c6ccc(C#N)cc6)cc5)CC[C@]4(C)[C@H]3CC[C@]12C. The predicted octanol–water partition coefficient (Wildman–Crippen LogP) is 16.8. The molecular weight excluding hydrogens is 929 g/mol. The number of carbonyl (C=O) groups is 2. The van der Waals surface area contributed by atoms with E-state index in [0.29, 0.717) is 65.8 Å². The van der Waals surface area contributed by atoms with Gasteiger partial charge in [-0.25, -0.2) is 0 Å². The number of benzene rings is 4. The van der Waals surface area contributed by atoms with Crippen molar-refractivity contribution in [3.05, 3.63) is 108 Å². The number of hydrogen-bond acceptors (Lipinski definition) is 8. The summed E-state index contributed by atoms with van der Waals surface area (Å²) in [5.74, 6) is 5.95. The third-order valence-corrected chi connectivity index (χ3v) is 19.0. The molecule has 75 heavy (non-hydrogen) atoms. The van der Waals surface area contributed by atoms with E-state index >= 15 is 0 Å². The smallest absolute Gasteiger partial charge is 0.306 e. The highest BCUT2D eigenvalue weighted by atomic mass is 16.5. The highest BCUT2D eigenvalue weighted by molar-refractivity contribution is 5.70. The first-order valence-corrected chi connectivity index (χ1v) is 29.4. The Balaban J connectivity index is 0.635. The molecule has 4 aliphatic rings. The van der Waals surface area contributed by atoms with Crippen molar-refractivity contribution in [2.75, 3.05) is 19.8 Å². The largest absolute Gasteiger partial charge is 0.494 e. The third-order valence-electron chi connectivity index (χ3n) is 19.0. The Morgan fingerprint density at radius 1 is 0.533 bits per heavy atom. The summed E-state index contributed by atoms with van der Waals surface area (Å²) in [7, 11) is 0. The van der Waals surface area contributed by atoms with Crippen LogP contribution in [0.5, 0.6) is 11.5 Å². The van der Waals surface area contributed by atoms with Gasteiger partial charge >= 0.3 is 11.9 Å². The van der Waals surface area contributed by atoms with Crippen LogP contribution in [0.3, 0.4) is 0 Å². The lowest BCUT2D eigenvalue weighted by Crippen LogP contribution is -2.54. The number of fused-ring (bicyclic) bond motifs is 5. The van der Waals surface area contributed by atoms with Crippen molar-refractivity contribution in [3.8, 4) is 45.9 Å². The summed E-state index contributed by atoms with van der Waals surface area (Å²) in [6.07, 6.45) is 26.2. The molecule has 0 N–H and O–H groups in total. The molecular formula is C67H86N2O6. The quantitative estimate of drug-likeness (QED) is 0.0428. The number of nitriles is 2. The molecule has 0 amide bonds. The highest BCUT2D eigenvalue weighted by Gasteiger charge is 2.60. The number of esters is 2. The molecule has 0 unspecified atom stereocenters. The molecule has 0 saturated heterocycles. The summed E-state index contributed by atoms with van der Waals surface area (Å²) in [4.78, 5) is 25.9. The van der Waals surface area contributed by atoms with Gasteiger partial charge in [0.15, 0.2) is 0 Å². The lowest BCUT2D eigenvalue weighted by atomic mass is 9.44. The van der Waals surface area contributed by atoms with Crippen molar-refractivity contribution in [2.45, 2.75) is 181 Å². The molecule has 0 bridgehead atoms. The zero-order valence-corrected chi connectivity index (χ0v) is 45.7. The van der Waals surface area contributed by atoms with Crippen molar-refractivity contribution in [3.63, 3.8) is 0 Å². The van der Waals surface area contributed by atoms with E-state index in [1.807, 2.05) is 72.8 Å². The van der Waals surface area contributed by atoms with Crippen molar-refractivity contribution in [2.24, 2.45) is 46.3 Å². The molecule has 400 valence electrons. The van der Waals surface area contributed by atoms with Gasteiger partial charge in [-0.05, 0) is 207 Å². The van der Waals surface area contributed by atoms with Crippen LogP contribution in [0.1, 0.15) is 186 Å². The van der Waals surface area contributed by atoms with E-state index in [0.717, 1.165) is 122 Å². The van der Waals surface area contributed by atoms with Gasteiger partial charge in [0.1, 0.15) is 17.6 Å². The average molecular weight is 1020 g/mol. The van der Waals surface area contributed by atoms with E-state index in [2.05, 4.69) is 57.2 Å². The van der Waals surface area contributed by atoms with Crippen LogP contribution < -0.4 is 9.47 Å². The van der Waals surface area contributed by atoms with Crippen LogP contribution in [-0.2, 0) is 19.1 Å². The molecule has 0 aromatic heterocycles. The van der Waals surface area contributed by atoms with Gasteiger partial charge < -0.3 is 18.9 Å². The third kappa shape index (κ3) is 14.9. The second-order valence-electron chi connectivity index (χ2n) is 23.6. The summed E-state index contributed by atoms with van der Waals surface area (Å²) in [6.45, 7) is 9.59. The molecule has 0 radical (unpaired) electrons. The van der Waals surface area contributed by atoms with Crippen molar-refractivity contribution in [1.82, 2.24) is 0 Å². The Labute approximate surface area is 450 Å². The van der Waals surface area contributed by atoms with Gasteiger partial charge in [-0.3, -0.25) is 9.59 Å². The zero-order valence-electron chi connectivity index (χ0n) is 45.7. The van der Waals surface area contributed by atoms with E-state index < -0.39 is 0 Å². The molecule has 4 aromatic rings. The van der Waals surface area contributed by atoms with E-state index in [1.54, 1.807) is 0 Å². The van der Waals surface area contributed by atoms with E-state index in [-0.39, 0.29) is 18.0 Å². The van der Waals surface area contributed by atoms with Crippen molar-refractivity contribution < 1.29 is 28.5 Å². The Kier molecular flexibility index (Phi) is 20.4. The van der Waals surface area contributed by atoms with Gasteiger partial charge in [0.25, 0.3) is 0 Å². The molecule has 8 rings (SSSR count). The molecule has 4 fully saturated rings. The number of rotatable bonds is 27. The van der Waals surface area contributed by atoms with Crippen LogP contribution >= 0.6 is 0 Å². The summed E-state index contributed by atoms with van der Waals surface area (Å²) in [5, 5.41) is 18.1. The van der Waals surface area contributed by atoms with Gasteiger partial charge in [0.2, 0.25) is 0 Å². The minimum absolute atomic E-state index is 0.0128. The minimum atomic E-state index is -0.0155. The van der Waals surface area contributed by atoms with E-state index in [1.165, 1.54) is 77.0 Å². The van der Waals surface area contributed by atoms with Gasteiger partial charge in [-0.15, -0.1) is 0 Å². The first-order valence-electron chi connectivity index (χ1n) is 29.4. The molecule has 0 spiro atoms. The number of ether oxygens (including phenoxy) is 4. The van der Waals surface area contributed by atoms with Crippen molar-refractivity contribution in [1.29, 1.82) is 10.5 Å². The maximum absolute atomic E-state index is 13.0. The molecule has 4 aliphatic carbocycles. The average Bonchev–Trinajstić information content (AvgIpc) is 3.82. The van der Waals surface area contributed by atoms with Crippen LogP contribution in [0.25, 0.3) is 22.3 Å². The highest BCUT2D eigenvalue weighted by Crippen LogP contribution is 2.68. The monoisotopic (exact) mass is 1010 g/mol. The Morgan fingerprint density at radius 3 is 1.56 bits per heavy atom. The second-order valence-corrected chi connectivity index (χ2v) is 23.6. The predicted molar refractivity (Wildman–Crippen MR) is 299 cm³/mol. The van der Waals surface area contributed by atoms with Crippen LogP contribution in [0.15, 0.2) is 97.1 Å². The Bertz CT molecular complexity index is 2490. The zero-order chi connectivity index (χ0) is 52.5. The maximum Gasteiger partial charge on any atom is 0.306 e. The topological polar surface area (TPSA) is 119 Å². The number of hydrogen-bond donors (Lipinski definition) is 0. The summed E-state index contributed by atoms with van der Waals surface area (Å²) in [6, 6.07) is 35.9. The molecule has 4 aromatic carbocycles. The lowest BCUT2D eigenvalue weighted by molar-refractivity contribution is -0.162. The van der Waals surface area contributed by atoms with Gasteiger partial charge in [0, 0.05) is 12.8 Å². The molecule has 8 heteroatoms. The van der Waals surface area contributed by atoms with E-state index in [4.69, 9.17) is 29.5 Å². The van der Waals surface area contributed by atoms with Gasteiger partial charge in [-0.2, -0.15) is 10.5 Å². The minimum Gasteiger partial charge on any atom is -0.494 e. The Morgan fingerprint density at radius 2 is 1.01 bits per heavy atom. The van der Waals surface area contributed by atoms with Crippen LogP contribution in [0, 0.1) is 69.0 Å². The maximum atomic E-state index is 13.0. The molecule has 4 saturated carbocycles. The Hall–Kier alpha value is -5.60. The van der Waals surface area contributed by atoms with Crippen LogP contribution in [-0.4, -0.2) is 37.9 Å². The van der Waals surface area contributed by atoms with Gasteiger partial charge in [-0.1, -0.05) is 121 Å². The fraction of sp³-hybridized carbons (Fsp3) is 0.582. The number of unbranched alkanes of at least 4 members (excludes halogenated alkanes) is 10. The summed E-state index contributed by atoms with van der Waals surface area (Å²) in [5.41, 5.74) is 6.43. The van der Waals surface area contributed by atoms with Gasteiger partial charge in [0.05, 0.1) is 43.1 Å². The molecule has 8 nitrogen and oxygen atoms in total. The van der Waals surface area contributed by atoms with E-state index in [9.17, 15) is 9.59 Å². The number of nitrogens with zero attached hydrogens (tertiary/aromatic N) is 2. The summed E-state index contributed by atoms with van der Waals surface area (Å²) >= 11 is 0. The number of carbonyl (C=O) groups excluding carboxylic acids is 2. The first-order chi connectivity index (χ1) is 36.6. The molecule has 0 heterocycles.